The second-order valence-electron chi connectivity index (χ2n) is 8.39. The SMILES string of the molecule is O=C1c2cccc3c(=O)[nH]cc(c23)N1c1ccc(OCc2ccccc2)nc1OCc1ccccc1. The summed E-state index contributed by atoms with van der Waals surface area (Å²) in [5.41, 5.74) is 3.24. The smallest absolute Gasteiger partial charge is 0.263 e. The maximum absolute atomic E-state index is 13.5. The van der Waals surface area contributed by atoms with Crippen LogP contribution in [0.3, 0.4) is 0 Å². The quantitative estimate of drug-likeness (QED) is 0.342. The monoisotopic (exact) mass is 475 g/mol. The average molecular weight is 476 g/mol. The van der Waals surface area contributed by atoms with Gasteiger partial charge in [-0.05, 0) is 29.3 Å². The van der Waals surface area contributed by atoms with Gasteiger partial charge in [0.05, 0.1) is 11.3 Å². The Balaban J connectivity index is 1.39. The number of aromatic amines is 1. The number of hydrogen-bond donors (Lipinski definition) is 1. The van der Waals surface area contributed by atoms with Crippen LogP contribution in [-0.2, 0) is 13.2 Å². The summed E-state index contributed by atoms with van der Waals surface area (Å²) in [6, 6.07) is 28.1. The minimum Gasteiger partial charge on any atom is -0.473 e. The van der Waals surface area contributed by atoms with Crippen molar-refractivity contribution in [3.8, 4) is 11.8 Å². The maximum Gasteiger partial charge on any atom is 0.263 e. The fraction of sp³-hybridized carbons (Fsp3) is 0.0690. The molecule has 0 unspecified atom stereocenters. The third-order valence-corrected chi connectivity index (χ3v) is 6.08. The number of nitrogens with zero attached hydrogens (tertiary/aromatic N) is 2. The van der Waals surface area contributed by atoms with Crippen LogP contribution in [0.15, 0.2) is 102 Å². The molecule has 1 amide bonds. The molecular formula is C29H21N3O4. The van der Waals surface area contributed by atoms with Gasteiger partial charge in [-0.15, -0.1) is 0 Å². The van der Waals surface area contributed by atoms with Crippen molar-refractivity contribution in [3.05, 3.63) is 124 Å². The van der Waals surface area contributed by atoms with E-state index >= 15 is 0 Å². The van der Waals surface area contributed by atoms with Crippen molar-refractivity contribution >= 4 is 28.1 Å². The molecule has 0 aliphatic carbocycles. The Bertz CT molecular complexity index is 1630. The summed E-state index contributed by atoms with van der Waals surface area (Å²) in [5.74, 6) is 0.380. The molecule has 0 spiro atoms. The predicted octanol–water partition coefficient (Wildman–Crippen LogP) is 5.37. The summed E-state index contributed by atoms with van der Waals surface area (Å²) in [6.45, 7) is 0.610. The standard InChI is InChI=1S/C29H21N3O4/c33-27-21-12-7-13-22-26(21)24(16-30-27)32(29(22)34)23-14-15-25(35-17-19-8-3-1-4-9-19)31-28(23)36-18-20-10-5-2-6-11-20/h1-16H,17-18H2,(H,30,33). The van der Waals surface area contributed by atoms with E-state index in [1.165, 1.54) is 4.90 Å². The van der Waals surface area contributed by atoms with E-state index in [-0.39, 0.29) is 24.0 Å². The minimum absolute atomic E-state index is 0.242. The Morgan fingerprint density at radius 1 is 0.722 bits per heavy atom. The van der Waals surface area contributed by atoms with Crippen molar-refractivity contribution in [2.75, 3.05) is 4.90 Å². The van der Waals surface area contributed by atoms with Crippen LogP contribution in [0.2, 0.25) is 0 Å². The summed E-state index contributed by atoms with van der Waals surface area (Å²) in [7, 11) is 0. The van der Waals surface area contributed by atoms with E-state index in [1.54, 1.807) is 36.5 Å². The van der Waals surface area contributed by atoms with Crippen LogP contribution in [0.1, 0.15) is 21.5 Å². The second kappa shape index (κ2) is 9.03. The van der Waals surface area contributed by atoms with Crippen molar-refractivity contribution in [2.24, 2.45) is 0 Å². The first-order valence-electron chi connectivity index (χ1n) is 11.5. The number of aromatic nitrogens is 2. The van der Waals surface area contributed by atoms with Gasteiger partial charge >= 0.3 is 0 Å². The molecule has 2 aromatic heterocycles. The number of benzene rings is 3. The third-order valence-electron chi connectivity index (χ3n) is 6.08. The van der Waals surface area contributed by atoms with Crippen molar-refractivity contribution in [3.63, 3.8) is 0 Å². The molecule has 3 aromatic carbocycles. The zero-order chi connectivity index (χ0) is 24.5. The van der Waals surface area contributed by atoms with Crippen molar-refractivity contribution in [1.82, 2.24) is 9.97 Å². The van der Waals surface area contributed by atoms with Crippen molar-refractivity contribution in [2.45, 2.75) is 13.2 Å². The number of rotatable bonds is 7. The van der Waals surface area contributed by atoms with Gasteiger partial charge in [0, 0.05) is 23.0 Å². The van der Waals surface area contributed by atoms with Gasteiger partial charge in [-0.2, -0.15) is 4.98 Å². The number of carbonyl (C=O) groups excluding carboxylic acids is 1. The highest BCUT2D eigenvalue weighted by Crippen LogP contribution is 2.43. The largest absolute Gasteiger partial charge is 0.473 e. The van der Waals surface area contributed by atoms with E-state index in [1.807, 2.05) is 60.7 Å². The van der Waals surface area contributed by atoms with Crippen LogP contribution in [-0.4, -0.2) is 15.9 Å². The summed E-state index contributed by atoms with van der Waals surface area (Å²) in [5, 5.41) is 1.08. The third kappa shape index (κ3) is 3.86. The number of carbonyl (C=O) groups is 1. The molecule has 0 bridgehead atoms. The van der Waals surface area contributed by atoms with Crippen LogP contribution < -0.4 is 19.9 Å². The molecule has 0 saturated carbocycles. The second-order valence-corrected chi connectivity index (χ2v) is 8.39. The highest BCUT2D eigenvalue weighted by Gasteiger charge is 2.34. The lowest BCUT2D eigenvalue weighted by Crippen LogP contribution is -2.22. The molecule has 1 aliphatic rings. The molecule has 176 valence electrons. The zero-order valence-corrected chi connectivity index (χ0v) is 19.2. The van der Waals surface area contributed by atoms with Gasteiger partial charge in [0.1, 0.15) is 18.9 Å². The lowest BCUT2D eigenvalue weighted by atomic mass is 10.1. The fourth-order valence-corrected chi connectivity index (χ4v) is 4.36. The Morgan fingerprint density at radius 2 is 1.42 bits per heavy atom. The molecular weight excluding hydrogens is 454 g/mol. The molecule has 7 nitrogen and oxygen atoms in total. The Kier molecular flexibility index (Phi) is 5.42. The van der Waals surface area contributed by atoms with E-state index < -0.39 is 0 Å². The van der Waals surface area contributed by atoms with Gasteiger partial charge in [0.25, 0.3) is 11.5 Å². The van der Waals surface area contributed by atoms with Gasteiger partial charge in [-0.1, -0.05) is 66.7 Å². The lowest BCUT2D eigenvalue weighted by molar-refractivity contribution is 0.100. The van der Waals surface area contributed by atoms with Crippen molar-refractivity contribution < 1.29 is 14.3 Å². The first kappa shape index (κ1) is 21.6. The summed E-state index contributed by atoms with van der Waals surface area (Å²) in [6.07, 6.45) is 1.56. The summed E-state index contributed by atoms with van der Waals surface area (Å²) < 4.78 is 12.1. The Morgan fingerprint density at radius 3 is 2.14 bits per heavy atom. The highest BCUT2D eigenvalue weighted by molar-refractivity contribution is 6.27. The Labute approximate surface area is 206 Å². The molecule has 0 radical (unpaired) electrons. The number of amides is 1. The number of H-pyrrole nitrogens is 1. The van der Waals surface area contributed by atoms with Crippen LogP contribution >= 0.6 is 0 Å². The number of hydrogen-bond acceptors (Lipinski definition) is 5. The molecule has 5 aromatic rings. The van der Waals surface area contributed by atoms with Crippen LogP contribution in [0.25, 0.3) is 10.8 Å². The molecule has 7 heteroatoms. The summed E-state index contributed by atoms with van der Waals surface area (Å²) in [4.78, 5) is 34.8. The van der Waals surface area contributed by atoms with Crippen molar-refractivity contribution in [1.29, 1.82) is 0 Å². The van der Waals surface area contributed by atoms with E-state index in [0.29, 0.717) is 40.2 Å². The number of ether oxygens (including phenoxy) is 2. The first-order valence-corrected chi connectivity index (χ1v) is 11.5. The Hall–Kier alpha value is -4.91. The maximum atomic E-state index is 13.5. The van der Waals surface area contributed by atoms with Gasteiger partial charge in [0.15, 0.2) is 0 Å². The average Bonchev–Trinajstić information content (AvgIpc) is 3.22. The van der Waals surface area contributed by atoms with Gasteiger partial charge in [-0.3, -0.25) is 14.5 Å². The van der Waals surface area contributed by atoms with Gasteiger partial charge < -0.3 is 14.5 Å². The molecule has 0 fully saturated rings. The summed E-state index contributed by atoms with van der Waals surface area (Å²) >= 11 is 0. The van der Waals surface area contributed by atoms with Crippen LogP contribution in [0, 0.1) is 0 Å². The molecule has 3 heterocycles. The zero-order valence-electron chi connectivity index (χ0n) is 19.2. The van der Waals surface area contributed by atoms with E-state index in [4.69, 9.17) is 9.47 Å². The minimum atomic E-state index is -0.251. The molecule has 1 aliphatic heterocycles. The van der Waals surface area contributed by atoms with E-state index in [9.17, 15) is 9.59 Å². The van der Waals surface area contributed by atoms with E-state index in [0.717, 1.165) is 11.1 Å². The normalized spacial score (nSPS) is 12.2. The number of pyridine rings is 2. The van der Waals surface area contributed by atoms with E-state index in [2.05, 4.69) is 9.97 Å². The first-order chi connectivity index (χ1) is 17.7. The predicted molar refractivity (Wildman–Crippen MR) is 137 cm³/mol. The molecule has 1 N–H and O–H groups in total. The number of nitrogens with one attached hydrogen (secondary N) is 1. The highest BCUT2D eigenvalue weighted by atomic mass is 16.5. The molecule has 0 saturated heterocycles. The lowest BCUT2D eigenvalue weighted by Gasteiger charge is -2.21. The molecule has 6 rings (SSSR count). The fourth-order valence-electron chi connectivity index (χ4n) is 4.36. The van der Waals surface area contributed by atoms with Gasteiger partial charge in [0.2, 0.25) is 11.8 Å². The number of anilines is 2. The van der Waals surface area contributed by atoms with Crippen LogP contribution in [0.4, 0.5) is 11.4 Å². The van der Waals surface area contributed by atoms with Crippen LogP contribution in [0.5, 0.6) is 11.8 Å². The topological polar surface area (TPSA) is 84.5 Å². The molecule has 0 atom stereocenters. The molecule has 36 heavy (non-hydrogen) atoms. The van der Waals surface area contributed by atoms with Gasteiger partial charge in [-0.25, -0.2) is 0 Å².